The van der Waals surface area contributed by atoms with Gasteiger partial charge in [0.05, 0.1) is 17.8 Å². The van der Waals surface area contributed by atoms with Gasteiger partial charge in [-0.3, -0.25) is 4.90 Å². The minimum Gasteiger partial charge on any atom is -0.478 e. The highest BCUT2D eigenvalue weighted by molar-refractivity contribution is 6.30. The number of aromatic nitrogens is 2. The zero-order valence-electron chi connectivity index (χ0n) is 27.3. The Morgan fingerprint density at radius 3 is 2.62 bits per heavy atom. The minimum atomic E-state index is -0.979. The number of piperazine rings is 1. The Kier molecular flexibility index (Phi) is 8.63. The number of methoxy groups -OCH3 is 1. The quantitative estimate of drug-likeness (QED) is 0.215. The predicted octanol–water partition coefficient (Wildman–Crippen LogP) is 7.25. The van der Waals surface area contributed by atoms with E-state index >= 15 is 0 Å². The fourth-order valence-electron chi connectivity index (χ4n) is 7.17. The number of allylic oxidation sites excluding steroid dienone is 1. The number of nitrogens with zero attached hydrogens (tertiary/aromatic N) is 4. The Labute approximate surface area is 280 Å². The molecule has 1 saturated heterocycles. The Morgan fingerprint density at radius 2 is 1.87 bits per heavy atom. The highest BCUT2D eigenvalue weighted by Gasteiger charge is 2.31. The lowest BCUT2D eigenvalue weighted by Crippen LogP contribution is -2.47. The molecular formula is C37H42ClN5O4. The number of benzene rings is 2. The summed E-state index contributed by atoms with van der Waals surface area (Å²) < 4.78 is 11.8. The van der Waals surface area contributed by atoms with E-state index in [1.165, 1.54) is 23.1 Å². The zero-order valence-corrected chi connectivity index (χ0v) is 28.0. The third-order valence-electron chi connectivity index (χ3n) is 9.93. The van der Waals surface area contributed by atoms with Crippen LogP contribution in [0.3, 0.4) is 0 Å². The highest BCUT2D eigenvalue weighted by Crippen LogP contribution is 2.44. The summed E-state index contributed by atoms with van der Waals surface area (Å²) in [5, 5.41) is 12.0. The van der Waals surface area contributed by atoms with Gasteiger partial charge in [-0.05, 0) is 78.3 Å². The van der Waals surface area contributed by atoms with Gasteiger partial charge in [0.1, 0.15) is 24.0 Å². The summed E-state index contributed by atoms with van der Waals surface area (Å²) in [6.07, 6.45) is 4.94. The van der Waals surface area contributed by atoms with Gasteiger partial charge in [-0.15, -0.1) is 0 Å². The number of hydrogen-bond donors (Lipinski definition) is 2. The van der Waals surface area contributed by atoms with Gasteiger partial charge in [0, 0.05) is 62.1 Å². The van der Waals surface area contributed by atoms with E-state index in [1.54, 1.807) is 13.2 Å². The van der Waals surface area contributed by atoms with Gasteiger partial charge in [-0.1, -0.05) is 43.2 Å². The second-order valence-electron chi connectivity index (χ2n) is 13.7. The van der Waals surface area contributed by atoms with E-state index in [9.17, 15) is 9.90 Å². The van der Waals surface area contributed by atoms with Crippen molar-refractivity contribution in [2.75, 3.05) is 62.8 Å². The lowest BCUT2D eigenvalue weighted by Gasteiger charge is -2.39. The first-order valence-electron chi connectivity index (χ1n) is 16.4. The Balaban J connectivity index is 1.14. The molecule has 1 fully saturated rings. The van der Waals surface area contributed by atoms with Gasteiger partial charge in [0.15, 0.2) is 0 Å². The molecule has 2 aromatic carbocycles. The second-order valence-corrected chi connectivity index (χ2v) is 14.1. The molecule has 0 radical (unpaired) electrons. The maximum Gasteiger partial charge on any atom is 0.337 e. The third-order valence-corrected chi connectivity index (χ3v) is 10.2. The van der Waals surface area contributed by atoms with Gasteiger partial charge >= 0.3 is 5.97 Å². The van der Waals surface area contributed by atoms with Crippen molar-refractivity contribution in [2.45, 2.75) is 39.2 Å². The maximum absolute atomic E-state index is 12.5. The SMILES string of the molecule is COC1COc2nc3[nH]ccc3cc2N(c2cc(N3CCN(CC4=C(c5ccc(Cl)cc5)CC(C)(C)CC4)CC3)ccc2C(=O)O)C1. The molecule has 2 N–H and O–H groups in total. The fourth-order valence-corrected chi connectivity index (χ4v) is 7.30. The van der Waals surface area contributed by atoms with Crippen molar-refractivity contribution < 1.29 is 19.4 Å². The number of carbonyl (C=O) groups is 1. The lowest BCUT2D eigenvalue weighted by atomic mass is 9.72. The molecule has 1 unspecified atom stereocenters. The second kappa shape index (κ2) is 12.9. The smallest absolute Gasteiger partial charge is 0.337 e. The molecule has 9 nitrogen and oxygen atoms in total. The number of ether oxygens (including phenoxy) is 2. The molecule has 0 saturated carbocycles. The van der Waals surface area contributed by atoms with Crippen molar-refractivity contribution in [1.82, 2.24) is 14.9 Å². The summed E-state index contributed by atoms with van der Waals surface area (Å²) in [5.41, 5.74) is 7.84. The first kappa shape index (κ1) is 31.5. The number of pyridine rings is 1. The van der Waals surface area contributed by atoms with Crippen LogP contribution in [0.4, 0.5) is 17.1 Å². The minimum absolute atomic E-state index is 0.228. The van der Waals surface area contributed by atoms with Crippen molar-refractivity contribution in [1.29, 1.82) is 0 Å². The molecule has 246 valence electrons. The number of rotatable bonds is 7. The molecule has 3 aliphatic rings. The van der Waals surface area contributed by atoms with Crippen LogP contribution in [0.1, 0.15) is 49.0 Å². The highest BCUT2D eigenvalue weighted by atomic mass is 35.5. The van der Waals surface area contributed by atoms with Crippen LogP contribution in [0.25, 0.3) is 16.6 Å². The van der Waals surface area contributed by atoms with Crippen LogP contribution in [0, 0.1) is 5.41 Å². The summed E-state index contributed by atoms with van der Waals surface area (Å²) in [4.78, 5) is 27.3. The number of anilines is 3. The number of carboxylic acid groups (broad SMARTS) is 1. The molecule has 47 heavy (non-hydrogen) atoms. The third kappa shape index (κ3) is 6.57. The van der Waals surface area contributed by atoms with Gasteiger partial charge in [0.2, 0.25) is 5.88 Å². The van der Waals surface area contributed by atoms with Crippen LogP contribution in [-0.2, 0) is 4.74 Å². The topological polar surface area (TPSA) is 94.2 Å². The lowest BCUT2D eigenvalue weighted by molar-refractivity contribution is 0.0669. The van der Waals surface area contributed by atoms with E-state index in [0.29, 0.717) is 24.7 Å². The van der Waals surface area contributed by atoms with Gasteiger partial charge in [-0.25, -0.2) is 4.79 Å². The first-order chi connectivity index (χ1) is 22.7. The zero-order chi connectivity index (χ0) is 32.7. The van der Waals surface area contributed by atoms with Crippen LogP contribution >= 0.6 is 11.6 Å². The van der Waals surface area contributed by atoms with Crippen LogP contribution in [0.15, 0.2) is 66.4 Å². The van der Waals surface area contributed by atoms with Crippen LogP contribution in [-0.4, -0.2) is 85.0 Å². The van der Waals surface area contributed by atoms with Crippen molar-refractivity contribution in [3.8, 4) is 5.88 Å². The van der Waals surface area contributed by atoms with Gasteiger partial charge < -0.3 is 29.4 Å². The molecule has 2 aromatic heterocycles. The molecule has 4 aromatic rings. The largest absolute Gasteiger partial charge is 0.478 e. The molecule has 0 amide bonds. The number of hydrogen-bond acceptors (Lipinski definition) is 7. The number of aromatic amines is 1. The van der Waals surface area contributed by atoms with Gasteiger partial charge in [-0.2, -0.15) is 4.98 Å². The van der Waals surface area contributed by atoms with Crippen molar-refractivity contribution >= 4 is 51.2 Å². The Hall–Kier alpha value is -4.05. The van der Waals surface area contributed by atoms with Crippen LogP contribution in [0.5, 0.6) is 5.88 Å². The van der Waals surface area contributed by atoms with E-state index in [-0.39, 0.29) is 17.1 Å². The van der Waals surface area contributed by atoms with Crippen molar-refractivity contribution in [3.63, 3.8) is 0 Å². The Morgan fingerprint density at radius 1 is 1.09 bits per heavy atom. The molecule has 4 heterocycles. The standard InChI is InChI=1S/C37H42ClN5O4/c1-37(2)12-10-26(31(20-37)24-4-6-27(38)7-5-24)21-41-14-16-42(17-15-41)28-8-9-30(36(44)45)32(19-28)43-22-29(46-3)23-47-35-33(43)18-25-11-13-39-34(25)40-35/h4-9,11,13,18-19,29H,10,12,14-17,20-23H2,1-3H3,(H,39,40)(H,44,45). The van der Waals surface area contributed by atoms with Crippen molar-refractivity contribution in [3.05, 3.63) is 82.5 Å². The monoisotopic (exact) mass is 655 g/mol. The summed E-state index contributed by atoms with van der Waals surface area (Å²) in [7, 11) is 1.65. The van der Waals surface area contributed by atoms with E-state index in [0.717, 1.165) is 73.0 Å². The normalized spacial score (nSPS) is 20.2. The van der Waals surface area contributed by atoms with Crippen LogP contribution in [0.2, 0.25) is 5.02 Å². The van der Waals surface area contributed by atoms with E-state index in [1.807, 2.05) is 47.5 Å². The molecule has 7 rings (SSSR count). The number of carboxylic acids is 1. The number of halogens is 1. The average Bonchev–Trinajstić information content (AvgIpc) is 3.45. The van der Waals surface area contributed by atoms with Gasteiger partial charge in [0.25, 0.3) is 0 Å². The maximum atomic E-state index is 12.5. The first-order valence-corrected chi connectivity index (χ1v) is 16.8. The van der Waals surface area contributed by atoms with E-state index < -0.39 is 5.97 Å². The number of H-pyrrole nitrogens is 1. The summed E-state index contributed by atoms with van der Waals surface area (Å²) >= 11 is 6.22. The predicted molar refractivity (Wildman–Crippen MR) is 187 cm³/mol. The van der Waals surface area contributed by atoms with E-state index in [4.69, 9.17) is 26.1 Å². The fraction of sp³-hybridized carbons (Fsp3) is 0.405. The molecule has 0 bridgehead atoms. The Bertz CT molecular complexity index is 1810. The van der Waals surface area contributed by atoms with Crippen LogP contribution < -0.4 is 14.5 Å². The number of aromatic carboxylic acids is 1. The number of fused-ring (bicyclic) bond motifs is 2. The molecule has 1 aliphatic carbocycles. The molecule has 2 aliphatic heterocycles. The summed E-state index contributed by atoms with van der Waals surface area (Å²) in [6.45, 7) is 10.0. The average molecular weight is 656 g/mol. The molecule has 0 spiro atoms. The van der Waals surface area contributed by atoms with E-state index in [2.05, 4.69) is 40.8 Å². The summed E-state index contributed by atoms with van der Waals surface area (Å²) in [5.74, 6) is -0.526. The van der Waals surface area contributed by atoms with Crippen molar-refractivity contribution in [2.24, 2.45) is 5.41 Å². The molecule has 1 atom stereocenters. The molecule has 10 heteroatoms. The molecular weight excluding hydrogens is 614 g/mol. The number of nitrogens with one attached hydrogen (secondary N) is 1. The summed E-state index contributed by atoms with van der Waals surface area (Å²) in [6, 6.07) is 17.9.